The lowest BCUT2D eigenvalue weighted by atomic mass is 9.92. The second-order valence-electron chi connectivity index (χ2n) is 8.92. The summed E-state index contributed by atoms with van der Waals surface area (Å²) in [5.74, 6) is 0.364. The first kappa shape index (κ1) is 20.8. The van der Waals surface area contributed by atoms with Crippen molar-refractivity contribution in [1.82, 2.24) is 15.1 Å². The van der Waals surface area contributed by atoms with E-state index in [1.807, 2.05) is 6.92 Å². The summed E-state index contributed by atoms with van der Waals surface area (Å²) in [7, 11) is 0. The van der Waals surface area contributed by atoms with Gasteiger partial charge in [0.2, 0.25) is 5.91 Å². The van der Waals surface area contributed by atoms with Crippen LogP contribution in [-0.2, 0) is 22.4 Å². The standard InChI is InChI=1S/C24H37N3O2/c1-2-29-15-11-25-24(28)21-8-5-12-27(18-21)22-9-13-26(14-10-22)23-16-19-6-3-4-7-20(19)17-23/h3-4,6-7,21-23H,2,5,8-18H2,1H3,(H,25,28)/t21-/m1/s1. The lowest BCUT2D eigenvalue weighted by Gasteiger charge is -2.43. The van der Waals surface area contributed by atoms with E-state index in [0.29, 0.717) is 31.8 Å². The lowest BCUT2D eigenvalue weighted by molar-refractivity contribution is -0.127. The fourth-order valence-corrected chi connectivity index (χ4v) is 5.50. The van der Waals surface area contributed by atoms with Gasteiger partial charge < -0.3 is 10.1 Å². The Hall–Kier alpha value is -1.43. The molecule has 2 aliphatic heterocycles. The number of amides is 1. The molecule has 1 aromatic carbocycles. The van der Waals surface area contributed by atoms with Gasteiger partial charge in [0.1, 0.15) is 0 Å². The minimum Gasteiger partial charge on any atom is -0.380 e. The van der Waals surface area contributed by atoms with Crippen LogP contribution in [0.2, 0.25) is 0 Å². The number of ether oxygens (including phenoxy) is 1. The number of rotatable bonds is 7. The van der Waals surface area contributed by atoms with Gasteiger partial charge in [0.15, 0.2) is 0 Å². The van der Waals surface area contributed by atoms with Crippen LogP contribution in [0.1, 0.15) is 43.7 Å². The van der Waals surface area contributed by atoms with Gasteiger partial charge in [-0.2, -0.15) is 0 Å². The molecule has 1 atom stereocenters. The molecule has 29 heavy (non-hydrogen) atoms. The molecule has 3 aliphatic rings. The molecule has 1 amide bonds. The number of likely N-dealkylation sites (tertiary alicyclic amines) is 2. The summed E-state index contributed by atoms with van der Waals surface area (Å²) in [5, 5.41) is 3.06. The van der Waals surface area contributed by atoms with Crippen LogP contribution in [0.5, 0.6) is 0 Å². The molecule has 4 rings (SSSR count). The number of benzene rings is 1. The van der Waals surface area contributed by atoms with Crippen molar-refractivity contribution in [1.29, 1.82) is 0 Å². The van der Waals surface area contributed by atoms with Crippen LogP contribution in [0.4, 0.5) is 0 Å². The van der Waals surface area contributed by atoms with Crippen molar-refractivity contribution in [2.75, 3.05) is 45.9 Å². The molecule has 0 spiro atoms. The normalized spacial score (nSPS) is 24.5. The van der Waals surface area contributed by atoms with Crippen molar-refractivity contribution in [2.24, 2.45) is 5.92 Å². The monoisotopic (exact) mass is 399 g/mol. The van der Waals surface area contributed by atoms with Crippen LogP contribution in [0.25, 0.3) is 0 Å². The van der Waals surface area contributed by atoms with E-state index < -0.39 is 0 Å². The van der Waals surface area contributed by atoms with Crippen molar-refractivity contribution >= 4 is 5.91 Å². The zero-order chi connectivity index (χ0) is 20.1. The zero-order valence-electron chi connectivity index (χ0n) is 17.9. The predicted octanol–water partition coefficient (Wildman–Crippen LogP) is 2.48. The molecule has 0 radical (unpaired) electrons. The maximum atomic E-state index is 12.5. The summed E-state index contributed by atoms with van der Waals surface area (Å²) in [6, 6.07) is 10.3. The molecule has 1 aromatic rings. The minimum atomic E-state index is 0.146. The van der Waals surface area contributed by atoms with E-state index in [1.165, 1.54) is 38.8 Å². The molecule has 0 aromatic heterocycles. The van der Waals surface area contributed by atoms with Gasteiger partial charge in [0.25, 0.3) is 0 Å². The molecule has 0 unspecified atom stereocenters. The molecule has 2 saturated heterocycles. The summed E-state index contributed by atoms with van der Waals surface area (Å²) in [6.45, 7) is 8.42. The van der Waals surface area contributed by atoms with E-state index in [9.17, 15) is 4.79 Å². The van der Waals surface area contributed by atoms with Crippen molar-refractivity contribution in [3.8, 4) is 0 Å². The van der Waals surface area contributed by atoms with Gasteiger partial charge in [0.05, 0.1) is 12.5 Å². The number of hydrogen-bond acceptors (Lipinski definition) is 4. The van der Waals surface area contributed by atoms with Gasteiger partial charge >= 0.3 is 0 Å². The Morgan fingerprint density at radius 3 is 2.45 bits per heavy atom. The average Bonchev–Trinajstić information content (AvgIpc) is 3.21. The molecule has 160 valence electrons. The summed E-state index contributed by atoms with van der Waals surface area (Å²) in [5.41, 5.74) is 3.10. The third-order valence-electron chi connectivity index (χ3n) is 7.13. The van der Waals surface area contributed by atoms with Crippen LogP contribution >= 0.6 is 0 Å². The molecule has 5 nitrogen and oxygen atoms in total. The van der Waals surface area contributed by atoms with E-state index in [0.717, 1.165) is 25.9 Å². The minimum absolute atomic E-state index is 0.146. The van der Waals surface area contributed by atoms with Crippen molar-refractivity contribution in [2.45, 2.75) is 57.5 Å². The predicted molar refractivity (Wildman–Crippen MR) is 116 cm³/mol. The van der Waals surface area contributed by atoms with Gasteiger partial charge in [-0.3, -0.25) is 14.6 Å². The summed E-state index contributed by atoms with van der Waals surface area (Å²) < 4.78 is 5.33. The summed E-state index contributed by atoms with van der Waals surface area (Å²) in [4.78, 5) is 17.9. The van der Waals surface area contributed by atoms with Crippen LogP contribution in [-0.4, -0.2) is 73.7 Å². The van der Waals surface area contributed by atoms with Crippen molar-refractivity contribution in [3.05, 3.63) is 35.4 Å². The molecule has 2 heterocycles. The third kappa shape index (κ3) is 5.19. The van der Waals surface area contributed by atoms with E-state index in [1.54, 1.807) is 11.1 Å². The molecule has 1 N–H and O–H groups in total. The number of fused-ring (bicyclic) bond motifs is 1. The van der Waals surface area contributed by atoms with Crippen LogP contribution in [0, 0.1) is 5.92 Å². The maximum absolute atomic E-state index is 12.5. The lowest BCUT2D eigenvalue weighted by Crippen LogP contribution is -2.52. The Labute approximate surface area is 175 Å². The third-order valence-corrected chi connectivity index (χ3v) is 7.13. The fourth-order valence-electron chi connectivity index (χ4n) is 5.50. The average molecular weight is 400 g/mol. The number of hydrogen-bond donors (Lipinski definition) is 1. The Kier molecular flexibility index (Phi) is 7.22. The SMILES string of the molecule is CCOCCNC(=O)[C@@H]1CCCN(C2CCN(C3Cc4ccccc4C3)CC2)C1. The highest BCUT2D eigenvalue weighted by molar-refractivity contribution is 5.78. The molecule has 0 saturated carbocycles. The Morgan fingerprint density at radius 2 is 1.76 bits per heavy atom. The van der Waals surface area contributed by atoms with E-state index in [4.69, 9.17) is 4.74 Å². The molecule has 1 aliphatic carbocycles. The van der Waals surface area contributed by atoms with Crippen molar-refractivity contribution < 1.29 is 9.53 Å². The van der Waals surface area contributed by atoms with E-state index >= 15 is 0 Å². The highest BCUT2D eigenvalue weighted by Crippen LogP contribution is 2.29. The first-order chi connectivity index (χ1) is 14.2. The second-order valence-corrected chi connectivity index (χ2v) is 8.92. The molecule has 2 fully saturated rings. The van der Waals surface area contributed by atoms with Crippen LogP contribution in [0.3, 0.4) is 0 Å². The molecular weight excluding hydrogens is 362 g/mol. The first-order valence-corrected chi connectivity index (χ1v) is 11.6. The van der Waals surface area contributed by atoms with Gasteiger partial charge in [-0.25, -0.2) is 0 Å². The largest absolute Gasteiger partial charge is 0.380 e. The zero-order valence-corrected chi connectivity index (χ0v) is 17.9. The van der Waals surface area contributed by atoms with Gasteiger partial charge in [-0.15, -0.1) is 0 Å². The summed E-state index contributed by atoms with van der Waals surface area (Å²) >= 11 is 0. The van der Waals surface area contributed by atoms with E-state index in [2.05, 4.69) is 39.4 Å². The fraction of sp³-hybridized carbons (Fsp3) is 0.708. The second kappa shape index (κ2) is 10.1. The Morgan fingerprint density at radius 1 is 1.03 bits per heavy atom. The van der Waals surface area contributed by atoms with Crippen molar-refractivity contribution in [3.63, 3.8) is 0 Å². The van der Waals surface area contributed by atoms with Gasteiger partial charge in [-0.05, 0) is 76.2 Å². The smallest absolute Gasteiger partial charge is 0.224 e. The first-order valence-electron chi connectivity index (χ1n) is 11.6. The van der Waals surface area contributed by atoms with Crippen LogP contribution in [0.15, 0.2) is 24.3 Å². The number of nitrogens with zero attached hydrogens (tertiary/aromatic N) is 2. The molecular formula is C24H37N3O2. The summed E-state index contributed by atoms with van der Waals surface area (Å²) in [6.07, 6.45) is 7.08. The number of carbonyl (C=O) groups is 1. The van der Waals surface area contributed by atoms with Gasteiger partial charge in [-0.1, -0.05) is 24.3 Å². The highest BCUT2D eigenvalue weighted by atomic mass is 16.5. The Bertz CT molecular complexity index is 647. The number of piperidine rings is 2. The van der Waals surface area contributed by atoms with E-state index in [-0.39, 0.29) is 11.8 Å². The highest BCUT2D eigenvalue weighted by Gasteiger charge is 2.34. The molecule has 5 heteroatoms. The van der Waals surface area contributed by atoms with Crippen LogP contribution < -0.4 is 5.32 Å². The Balaban J connectivity index is 1.22. The molecule has 0 bridgehead atoms. The topological polar surface area (TPSA) is 44.8 Å². The number of nitrogens with one attached hydrogen (secondary N) is 1. The maximum Gasteiger partial charge on any atom is 0.224 e. The number of carbonyl (C=O) groups excluding carboxylic acids is 1. The van der Waals surface area contributed by atoms with Gasteiger partial charge in [0, 0.05) is 31.8 Å². The quantitative estimate of drug-likeness (QED) is 0.716.